The van der Waals surface area contributed by atoms with Crippen molar-refractivity contribution in [3.63, 3.8) is 0 Å². The topological polar surface area (TPSA) is 66.8 Å². The van der Waals surface area contributed by atoms with Crippen molar-refractivity contribution < 1.29 is 4.39 Å². The van der Waals surface area contributed by atoms with Gasteiger partial charge in [0.25, 0.3) is 5.56 Å². The summed E-state index contributed by atoms with van der Waals surface area (Å²) in [7, 11) is 3.65. The van der Waals surface area contributed by atoms with Gasteiger partial charge in [0.1, 0.15) is 11.3 Å². The highest BCUT2D eigenvalue weighted by atomic mass is 19.1. The molecule has 2 aromatic heterocycles. The minimum atomic E-state index is -0.263. The number of aromatic amines is 1. The summed E-state index contributed by atoms with van der Waals surface area (Å²) in [6.45, 7) is 0.522. The van der Waals surface area contributed by atoms with Crippen molar-refractivity contribution in [3.8, 4) is 0 Å². The molecule has 7 heteroatoms. The molecular weight excluding hydrogens is 333 g/mol. The lowest BCUT2D eigenvalue weighted by Crippen LogP contribution is -2.23. The Balaban J connectivity index is 1.72. The van der Waals surface area contributed by atoms with Gasteiger partial charge in [-0.05, 0) is 30.5 Å². The summed E-state index contributed by atoms with van der Waals surface area (Å²) in [5.41, 5.74) is 2.91. The molecule has 1 aliphatic carbocycles. The van der Waals surface area contributed by atoms with E-state index >= 15 is 0 Å². The lowest BCUT2D eigenvalue weighted by atomic mass is 10.0. The Hall–Kier alpha value is -2.70. The van der Waals surface area contributed by atoms with Crippen molar-refractivity contribution in [2.45, 2.75) is 38.1 Å². The van der Waals surface area contributed by atoms with E-state index in [1.165, 1.54) is 25.0 Å². The number of anilines is 1. The van der Waals surface area contributed by atoms with E-state index in [-0.39, 0.29) is 11.4 Å². The molecule has 0 bridgehead atoms. The number of benzene rings is 1. The van der Waals surface area contributed by atoms with Gasteiger partial charge in [-0.2, -0.15) is 5.10 Å². The average molecular weight is 355 g/mol. The van der Waals surface area contributed by atoms with Crippen LogP contribution in [0.4, 0.5) is 10.3 Å². The predicted molar refractivity (Wildman–Crippen MR) is 98.8 cm³/mol. The number of fused-ring (bicyclic) bond motifs is 1. The fraction of sp³-hybridized carbons (Fsp3) is 0.421. The van der Waals surface area contributed by atoms with Crippen molar-refractivity contribution in [1.82, 2.24) is 19.7 Å². The van der Waals surface area contributed by atoms with Gasteiger partial charge in [0, 0.05) is 26.6 Å². The molecule has 136 valence electrons. The van der Waals surface area contributed by atoms with E-state index in [1.807, 2.05) is 11.9 Å². The number of rotatable bonds is 4. The van der Waals surface area contributed by atoms with Gasteiger partial charge in [-0.25, -0.2) is 9.37 Å². The first-order chi connectivity index (χ1) is 12.5. The van der Waals surface area contributed by atoms with Crippen LogP contribution in [-0.4, -0.2) is 26.8 Å². The maximum atomic E-state index is 13.1. The van der Waals surface area contributed by atoms with Gasteiger partial charge < -0.3 is 4.90 Å². The second-order valence-electron chi connectivity index (χ2n) is 7.06. The zero-order valence-electron chi connectivity index (χ0n) is 15.0. The number of hydrogen-bond acceptors (Lipinski definition) is 4. The van der Waals surface area contributed by atoms with Crippen LogP contribution in [0.25, 0.3) is 11.0 Å². The molecule has 1 fully saturated rings. The fourth-order valence-electron chi connectivity index (χ4n) is 3.79. The van der Waals surface area contributed by atoms with Crippen molar-refractivity contribution in [1.29, 1.82) is 0 Å². The van der Waals surface area contributed by atoms with E-state index in [9.17, 15) is 9.18 Å². The summed E-state index contributed by atoms with van der Waals surface area (Å²) in [5.74, 6) is 0.614. The highest BCUT2D eigenvalue weighted by Gasteiger charge is 2.25. The standard InChI is InChI=1S/C19H22FN5O/c1-24(11-12-7-9-14(20)10-8-12)19-21-16-15(13-5-3-4-6-13)23-25(2)17(16)18(26)22-19/h7-10,13H,3-6,11H2,1-2H3,(H,21,22,26). The highest BCUT2D eigenvalue weighted by molar-refractivity contribution is 5.78. The molecule has 2 heterocycles. The zero-order chi connectivity index (χ0) is 18.3. The molecule has 0 radical (unpaired) electrons. The van der Waals surface area contributed by atoms with Crippen LogP contribution >= 0.6 is 0 Å². The summed E-state index contributed by atoms with van der Waals surface area (Å²) in [6, 6.07) is 6.33. The van der Waals surface area contributed by atoms with Crippen LogP contribution in [0.5, 0.6) is 0 Å². The van der Waals surface area contributed by atoms with Gasteiger partial charge in [-0.3, -0.25) is 14.5 Å². The molecule has 0 saturated heterocycles. The molecule has 1 N–H and O–H groups in total. The first-order valence-corrected chi connectivity index (χ1v) is 8.95. The monoisotopic (exact) mass is 355 g/mol. The van der Waals surface area contributed by atoms with E-state index in [4.69, 9.17) is 4.98 Å². The molecule has 6 nitrogen and oxygen atoms in total. The number of H-pyrrole nitrogens is 1. The quantitative estimate of drug-likeness (QED) is 0.781. The molecule has 1 saturated carbocycles. The van der Waals surface area contributed by atoms with E-state index in [1.54, 1.807) is 23.9 Å². The van der Waals surface area contributed by atoms with E-state index in [0.717, 1.165) is 24.1 Å². The number of aryl methyl sites for hydroxylation is 1. The maximum absolute atomic E-state index is 13.1. The average Bonchev–Trinajstić information content (AvgIpc) is 3.25. The molecule has 3 aromatic rings. The largest absolute Gasteiger partial charge is 0.341 e. The highest BCUT2D eigenvalue weighted by Crippen LogP contribution is 2.35. The van der Waals surface area contributed by atoms with Gasteiger partial charge in [-0.15, -0.1) is 0 Å². The van der Waals surface area contributed by atoms with Crippen LogP contribution in [0, 0.1) is 5.82 Å². The van der Waals surface area contributed by atoms with Crippen molar-refractivity contribution in [2.24, 2.45) is 7.05 Å². The van der Waals surface area contributed by atoms with E-state index < -0.39 is 0 Å². The second-order valence-corrected chi connectivity index (χ2v) is 7.06. The van der Waals surface area contributed by atoms with Crippen molar-refractivity contribution in [2.75, 3.05) is 11.9 Å². The van der Waals surface area contributed by atoms with Crippen LogP contribution in [-0.2, 0) is 13.6 Å². The van der Waals surface area contributed by atoms with Crippen molar-refractivity contribution >= 4 is 17.0 Å². The fourth-order valence-corrected chi connectivity index (χ4v) is 3.79. The SMILES string of the molecule is CN(Cc1ccc(F)cc1)c1nc2c(C3CCCC3)nn(C)c2c(=O)[nH]1. The smallest absolute Gasteiger partial charge is 0.278 e. The molecule has 0 aliphatic heterocycles. The minimum Gasteiger partial charge on any atom is -0.341 e. The molecule has 1 aromatic carbocycles. The van der Waals surface area contributed by atoms with Crippen LogP contribution in [0.1, 0.15) is 42.9 Å². The maximum Gasteiger partial charge on any atom is 0.278 e. The third kappa shape index (κ3) is 2.98. The Morgan fingerprint density at radius 3 is 2.65 bits per heavy atom. The van der Waals surface area contributed by atoms with Gasteiger partial charge >= 0.3 is 0 Å². The van der Waals surface area contributed by atoms with Crippen LogP contribution < -0.4 is 10.5 Å². The molecule has 4 rings (SSSR count). The van der Waals surface area contributed by atoms with Gasteiger partial charge in [0.2, 0.25) is 5.95 Å². The Bertz CT molecular complexity index is 986. The van der Waals surface area contributed by atoms with E-state index in [2.05, 4.69) is 10.1 Å². The predicted octanol–water partition coefficient (Wildman–Crippen LogP) is 3.09. The molecule has 0 atom stereocenters. The summed E-state index contributed by atoms with van der Waals surface area (Å²) in [4.78, 5) is 22.1. The summed E-state index contributed by atoms with van der Waals surface area (Å²) in [6.07, 6.45) is 4.59. The summed E-state index contributed by atoms with van der Waals surface area (Å²) >= 11 is 0. The Labute approximate surface area is 150 Å². The zero-order valence-corrected chi connectivity index (χ0v) is 15.0. The first-order valence-electron chi connectivity index (χ1n) is 8.95. The molecule has 0 spiro atoms. The number of halogens is 1. The van der Waals surface area contributed by atoms with Gasteiger partial charge in [-0.1, -0.05) is 25.0 Å². The molecular formula is C19H22FN5O. The summed E-state index contributed by atoms with van der Waals surface area (Å²) in [5, 5.41) is 4.60. The lowest BCUT2D eigenvalue weighted by Gasteiger charge is -2.18. The summed E-state index contributed by atoms with van der Waals surface area (Å²) < 4.78 is 14.7. The lowest BCUT2D eigenvalue weighted by molar-refractivity contribution is 0.627. The normalized spacial score (nSPS) is 15.0. The molecule has 0 unspecified atom stereocenters. The Kier molecular flexibility index (Phi) is 4.22. The van der Waals surface area contributed by atoms with Gasteiger partial charge in [0.15, 0.2) is 5.52 Å². The van der Waals surface area contributed by atoms with Crippen LogP contribution in [0.2, 0.25) is 0 Å². The third-order valence-electron chi connectivity index (χ3n) is 5.14. The minimum absolute atomic E-state index is 0.185. The van der Waals surface area contributed by atoms with Crippen LogP contribution in [0.15, 0.2) is 29.1 Å². The Morgan fingerprint density at radius 1 is 1.27 bits per heavy atom. The Morgan fingerprint density at radius 2 is 1.96 bits per heavy atom. The first kappa shape index (κ1) is 16.8. The van der Waals surface area contributed by atoms with Gasteiger partial charge in [0.05, 0.1) is 5.69 Å². The molecule has 1 aliphatic rings. The number of aromatic nitrogens is 4. The van der Waals surface area contributed by atoms with E-state index in [0.29, 0.717) is 29.4 Å². The van der Waals surface area contributed by atoms with Crippen molar-refractivity contribution in [3.05, 3.63) is 51.7 Å². The van der Waals surface area contributed by atoms with Crippen LogP contribution in [0.3, 0.4) is 0 Å². The number of nitrogens with one attached hydrogen (secondary N) is 1. The third-order valence-corrected chi connectivity index (χ3v) is 5.14. The number of nitrogens with zero attached hydrogens (tertiary/aromatic N) is 4. The second kappa shape index (κ2) is 6.55. The number of hydrogen-bond donors (Lipinski definition) is 1. The molecule has 0 amide bonds. The molecule has 26 heavy (non-hydrogen) atoms.